The van der Waals surface area contributed by atoms with Crippen molar-refractivity contribution in [2.24, 2.45) is 5.73 Å². The zero-order valence-electron chi connectivity index (χ0n) is 9.10. The molecule has 1 heterocycles. The molecule has 6 heteroatoms. The van der Waals surface area contributed by atoms with Crippen molar-refractivity contribution in [2.45, 2.75) is 13.0 Å². The van der Waals surface area contributed by atoms with Crippen LogP contribution in [0.1, 0.15) is 11.8 Å². The molecule has 0 saturated carbocycles. The maximum absolute atomic E-state index is 5.54. The van der Waals surface area contributed by atoms with Gasteiger partial charge in [-0.15, -0.1) is 10.2 Å². The Kier molecular flexibility index (Phi) is 4.11. The molecule has 2 aromatic rings. The molecule has 17 heavy (non-hydrogen) atoms. The van der Waals surface area contributed by atoms with Crippen LogP contribution in [0.15, 0.2) is 33.2 Å². The van der Waals surface area contributed by atoms with Gasteiger partial charge in [0.2, 0.25) is 5.89 Å². The fraction of sp³-hybridized carbons (Fsp3) is 0.273. The number of hydrogen-bond donors (Lipinski definition) is 1. The van der Waals surface area contributed by atoms with Crippen LogP contribution in [0.4, 0.5) is 0 Å². The first-order valence-corrected chi connectivity index (χ1v) is 5.97. The fourth-order valence-corrected chi connectivity index (χ4v) is 1.67. The number of rotatable bonds is 5. The van der Waals surface area contributed by atoms with E-state index >= 15 is 0 Å². The molecule has 0 bridgehead atoms. The Balaban J connectivity index is 1.95. The lowest BCUT2D eigenvalue weighted by Gasteiger charge is -2.04. The molecule has 5 nitrogen and oxygen atoms in total. The average molecular weight is 298 g/mol. The largest absolute Gasteiger partial charge is 0.483 e. The van der Waals surface area contributed by atoms with Gasteiger partial charge in [0.15, 0.2) is 6.61 Å². The van der Waals surface area contributed by atoms with E-state index in [9.17, 15) is 0 Å². The van der Waals surface area contributed by atoms with Crippen LogP contribution in [0.5, 0.6) is 5.75 Å². The topological polar surface area (TPSA) is 74.2 Å². The summed E-state index contributed by atoms with van der Waals surface area (Å²) in [4.78, 5) is 0. The maximum Gasteiger partial charge on any atom is 0.253 e. The highest BCUT2D eigenvalue weighted by atomic mass is 79.9. The van der Waals surface area contributed by atoms with E-state index in [-0.39, 0.29) is 6.61 Å². The second-order valence-electron chi connectivity index (χ2n) is 3.35. The third-order valence-electron chi connectivity index (χ3n) is 2.05. The predicted molar refractivity (Wildman–Crippen MR) is 65.5 cm³/mol. The van der Waals surface area contributed by atoms with Crippen LogP contribution in [-0.4, -0.2) is 16.7 Å². The molecule has 1 aromatic heterocycles. The van der Waals surface area contributed by atoms with E-state index in [2.05, 4.69) is 26.1 Å². The lowest BCUT2D eigenvalue weighted by atomic mass is 10.3. The second kappa shape index (κ2) is 5.79. The molecule has 0 amide bonds. The van der Waals surface area contributed by atoms with Crippen LogP contribution < -0.4 is 10.5 Å². The van der Waals surface area contributed by atoms with E-state index in [1.165, 1.54) is 0 Å². The molecular weight excluding hydrogens is 286 g/mol. The number of benzene rings is 1. The average Bonchev–Trinajstić information content (AvgIpc) is 2.76. The first-order chi connectivity index (χ1) is 8.29. The summed E-state index contributed by atoms with van der Waals surface area (Å²) in [5.41, 5.74) is 5.39. The Labute approximate surface area is 107 Å². The molecule has 0 saturated heterocycles. The zero-order chi connectivity index (χ0) is 12.1. The van der Waals surface area contributed by atoms with Gasteiger partial charge in [-0.25, -0.2) is 0 Å². The van der Waals surface area contributed by atoms with Gasteiger partial charge in [0.05, 0.1) is 4.47 Å². The molecule has 0 fully saturated rings. The van der Waals surface area contributed by atoms with Gasteiger partial charge in [-0.2, -0.15) is 0 Å². The van der Waals surface area contributed by atoms with Crippen molar-refractivity contribution in [1.82, 2.24) is 10.2 Å². The summed E-state index contributed by atoms with van der Waals surface area (Å²) < 4.78 is 11.8. The van der Waals surface area contributed by atoms with Gasteiger partial charge in [0.1, 0.15) is 5.75 Å². The molecule has 90 valence electrons. The molecule has 0 aliphatic carbocycles. The van der Waals surface area contributed by atoms with Crippen molar-refractivity contribution >= 4 is 15.9 Å². The number of para-hydroxylation sites is 1. The first kappa shape index (κ1) is 12.1. The molecule has 2 rings (SSSR count). The molecule has 0 unspecified atom stereocenters. The lowest BCUT2D eigenvalue weighted by Crippen LogP contribution is -2.02. The second-order valence-corrected chi connectivity index (χ2v) is 4.20. The van der Waals surface area contributed by atoms with Gasteiger partial charge in [-0.05, 0) is 28.1 Å². The van der Waals surface area contributed by atoms with Gasteiger partial charge in [-0.3, -0.25) is 0 Å². The van der Waals surface area contributed by atoms with Crippen LogP contribution in [0, 0.1) is 0 Å². The van der Waals surface area contributed by atoms with E-state index in [4.69, 9.17) is 14.9 Å². The van der Waals surface area contributed by atoms with Gasteiger partial charge in [-0.1, -0.05) is 12.1 Å². The number of nitrogens with zero attached hydrogens (tertiary/aromatic N) is 2. The first-order valence-electron chi connectivity index (χ1n) is 5.18. The number of aromatic nitrogens is 2. The summed E-state index contributed by atoms with van der Waals surface area (Å²) in [5.74, 6) is 1.73. The normalized spacial score (nSPS) is 10.5. The van der Waals surface area contributed by atoms with Gasteiger partial charge in [0.25, 0.3) is 5.89 Å². The van der Waals surface area contributed by atoms with Gasteiger partial charge >= 0.3 is 0 Å². The third-order valence-corrected chi connectivity index (χ3v) is 2.71. The van der Waals surface area contributed by atoms with E-state index in [1.54, 1.807) is 0 Å². The summed E-state index contributed by atoms with van der Waals surface area (Å²) in [6.07, 6.45) is 0.585. The van der Waals surface area contributed by atoms with Crippen molar-refractivity contribution in [1.29, 1.82) is 0 Å². The molecule has 0 atom stereocenters. The Bertz CT molecular complexity index is 487. The number of hydrogen-bond acceptors (Lipinski definition) is 5. The van der Waals surface area contributed by atoms with Crippen molar-refractivity contribution in [3.63, 3.8) is 0 Å². The third kappa shape index (κ3) is 3.28. The lowest BCUT2D eigenvalue weighted by molar-refractivity contribution is 0.257. The number of nitrogens with two attached hydrogens (primary N) is 1. The van der Waals surface area contributed by atoms with E-state index in [0.29, 0.717) is 24.7 Å². The maximum atomic E-state index is 5.54. The minimum absolute atomic E-state index is 0.250. The number of halogens is 1. The van der Waals surface area contributed by atoms with Gasteiger partial charge in [0, 0.05) is 13.0 Å². The van der Waals surface area contributed by atoms with E-state index in [0.717, 1.165) is 10.2 Å². The van der Waals surface area contributed by atoms with Crippen molar-refractivity contribution < 1.29 is 9.15 Å². The standard InChI is InChI=1S/C11H12BrN3O2/c12-8-3-1-2-4-9(8)16-7-11-15-14-10(17-11)5-6-13/h1-4H,5-7,13H2. The molecule has 1 aromatic carbocycles. The van der Waals surface area contributed by atoms with E-state index < -0.39 is 0 Å². The Hall–Kier alpha value is -1.40. The number of ether oxygens (including phenoxy) is 1. The minimum Gasteiger partial charge on any atom is -0.483 e. The molecule has 0 aliphatic rings. The fourth-order valence-electron chi connectivity index (χ4n) is 1.27. The van der Waals surface area contributed by atoms with E-state index in [1.807, 2.05) is 24.3 Å². The molecule has 0 spiro atoms. The Morgan fingerprint density at radius 3 is 2.76 bits per heavy atom. The quantitative estimate of drug-likeness (QED) is 0.912. The molecule has 0 aliphatic heterocycles. The molecule has 0 radical (unpaired) electrons. The Morgan fingerprint density at radius 1 is 1.24 bits per heavy atom. The van der Waals surface area contributed by atoms with Gasteiger partial charge < -0.3 is 14.9 Å². The summed E-state index contributed by atoms with van der Waals surface area (Å²) in [7, 11) is 0. The van der Waals surface area contributed by atoms with Crippen LogP contribution in [0.25, 0.3) is 0 Å². The summed E-state index contributed by atoms with van der Waals surface area (Å²) >= 11 is 3.39. The SMILES string of the molecule is NCCc1nnc(COc2ccccc2Br)o1. The highest BCUT2D eigenvalue weighted by Gasteiger charge is 2.07. The highest BCUT2D eigenvalue weighted by Crippen LogP contribution is 2.24. The van der Waals surface area contributed by atoms with Crippen LogP contribution in [0.3, 0.4) is 0 Å². The summed E-state index contributed by atoms with van der Waals surface area (Å²) in [6, 6.07) is 7.58. The smallest absolute Gasteiger partial charge is 0.253 e. The molecule has 2 N–H and O–H groups in total. The predicted octanol–water partition coefficient (Wildman–Crippen LogP) is 1.91. The van der Waals surface area contributed by atoms with Crippen molar-refractivity contribution in [3.05, 3.63) is 40.5 Å². The van der Waals surface area contributed by atoms with Crippen LogP contribution in [-0.2, 0) is 13.0 Å². The summed E-state index contributed by atoms with van der Waals surface area (Å²) in [5, 5.41) is 7.72. The Morgan fingerprint density at radius 2 is 2.00 bits per heavy atom. The minimum atomic E-state index is 0.250. The molecular formula is C11H12BrN3O2. The van der Waals surface area contributed by atoms with Crippen LogP contribution in [0.2, 0.25) is 0 Å². The van der Waals surface area contributed by atoms with Crippen molar-refractivity contribution in [2.75, 3.05) is 6.54 Å². The van der Waals surface area contributed by atoms with Crippen LogP contribution >= 0.6 is 15.9 Å². The highest BCUT2D eigenvalue weighted by molar-refractivity contribution is 9.10. The monoisotopic (exact) mass is 297 g/mol. The zero-order valence-corrected chi connectivity index (χ0v) is 10.7. The van der Waals surface area contributed by atoms with Crippen molar-refractivity contribution in [3.8, 4) is 5.75 Å². The summed E-state index contributed by atoms with van der Waals surface area (Å²) in [6.45, 7) is 0.743.